The Bertz CT molecular complexity index is 2560. The predicted molar refractivity (Wildman–Crippen MR) is 211 cm³/mol. The lowest BCUT2D eigenvalue weighted by atomic mass is 10.1. The number of hydrogen-bond acceptors (Lipinski definition) is 12. The van der Waals surface area contributed by atoms with Gasteiger partial charge in [0.1, 0.15) is 21.2 Å². The lowest BCUT2D eigenvalue weighted by Gasteiger charge is -2.13. The first-order chi connectivity index (χ1) is 24.4. The molecule has 0 heterocycles. The van der Waals surface area contributed by atoms with Crippen molar-refractivity contribution in [1.29, 1.82) is 0 Å². The van der Waals surface area contributed by atoms with Crippen LogP contribution in [0.1, 0.15) is 0 Å². The van der Waals surface area contributed by atoms with Crippen LogP contribution in [0.15, 0.2) is 121 Å². The smallest absolute Gasteiger partial charge is 0.298 e. The van der Waals surface area contributed by atoms with E-state index in [-0.39, 0.29) is 55.7 Å². The number of azo groups is 2. The highest BCUT2D eigenvalue weighted by molar-refractivity contribution is 9.11. The molecule has 6 aromatic carbocycles. The maximum atomic E-state index is 12.2. The van der Waals surface area contributed by atoms with Gasteiger partial charge in [0.15, 0.2) is 22.9 Å². The molecule has 0 aliphatic rings. The Labute approximate surface area is 328 Å². The summed E-state index contributed by atoms with van der Waals surface area (Å²) in [7, 11) is -9.75. The molecule has 0 saturated heterocycles. The molecule has 20 heteroatoms. The van der Waals surface area contributed by atoms with Gasteiger partial charge in [-0.05, 0) is 99.1 Å². The minimum absolute atomic E-state index is 0.0118. The Balaban J connectivity index is 1.37. The van der Waals surface area contributed by atoms with Gasteiger partial charge >= 0.3 is 0 Å². The van der Waals surface area contributed by atoms with Gasteiger partial charge in [0, 0.05) is 39.4 Å². The van der Waals surface area contributed by atoms with Crippen LogP contribution in [0.3, 0.4) is 0 Å². The van der Waals surface area contributed by atoms with Gasteiger partial charge in [-0.1, -0.05) is 48.5 Å². The van der Waals surface area contributed by atoms with Crippen LogP contribution >= 0.6 is 63.7 Å². The molecule has 0 bridgehead atoms. The number of aromatic hydroxyl groups is 2. The summed E-state index contributed by atoms with van der Waals surface area (Å²) in [4.78, 5) is -1.50. The molecular formula is C32H20Br4N6O8S2. The molecule has 0 atom stereocenters. The summed E-state index contributed by atoms with van der Waals surface area (Å²) in [6.07, 6.45) is 0. The highest BCUT2D eigenvalue weighted by atomic mass is 79.9. The highest BCUT2D eigenvalue weighted by Gasteiger charge is 2.27. The summed E-state index contributed by atoms with van der Waals surface area (Å²) in [5, 5.41) is 38.7. The normalized spacial score (nSPS) is 12.5. The molecule has 0 radical (unpaired) electrons. The molecule has 52 heavy (non-hydrogen) atoms. The minimum Gasteiger partial charge on any atom is -0.504 e. The Morgan fingerprint density at radius 1 is 0.481 bits per heavy atom. The number of benzene rings is 6. The van der Waals surface area contributed by atoms with Crippen LogP contribution in [0.2, 0.25) is 0 Å². The van der Waals surface area contributed by atoms with E-state index in [0.29, 0.717) is 29.0 Å². The Kier molecular flexibility index (Phi) is 10.2. The average molecular weight is 1000 g/mol. The fraction of sp³-hybridized carbons (Fsp3) is 0. The molecule has 0 fully saturated rings. The number of phenolic OH excluding ortho intramolecular Hbond substituents is 2. The zero-order chi connectivity index (χ0) is 37.9. The van der Waals surface area contributed by atoms with Crippen LogP contribution < -0.4 is 11.5 Å². The number of nitrogens with two attached hydrogens (primary N) is 2. The van der Waals surface area contributed by atoms with Crippen molar-refractivity contribution in [3.8, 4) is 22.6 Å². The van der Waals surface area contributed by atoms with Crippen molar-refractivity contribution in [2.75, 3.05) is 11.5 Å². The number of phenols is 2. The SMILES string of the molecule is Nc1c(N=Nc2c(Br)cc(-c3cc(Br)c(N=Nc4c(O)c(S(=O)(=O)O)c5ccccc5c4N)c(Br)c3)cc2Br)c(O)c(S(=O)(=O)O)c2ccccc12. The molecule has 8 N–H and O–H groups in total. The van der Waals surface area contributed by atoms with E-state index in [1.54, 1.807) is 36.4 Å². The van der Waals surface area contributed by atoms with E-state index in [4.69, 9.17) is 11.5 Å². The van der Waals surface area contributed by atoms with Gasteiger partial charge in [0.2, 0.25) is 0 Å². The third-order valence-corrected chi connectivity index (χ3v) is 12.0. The lowest BCUT2D eigenvalue weighted by molar-refractivity contribution is 0.444. The molecule has 0 aromatic heterocycles. The van der Waals surface area contributed by atoms with Gasteiger partial charge in [-0.2, -0.15) is 16.8 Å². The van der Waals surface area contributed by atoms with Crippen molar-refractivity contribution >= 4 is 140 Å². The topological polar surface area (TPSA) is 251 Å². The van der Waals surface area contributed by atoms with Gasteiger partial charge < -0.3 is 21.7 Å². The quantitative estimate of drug-likeness (QED) is 0.0501. The highest BCUT2D eigenvalue weighted by Crippen LogP contribution is 2.49. The van der Waals surface area contributed by atoms with Crippen LogP contribution in [-0.4, -0.2) is 36.2 Å². The van der Waals surface area contributed by atoms with Crippen LogP contribution in [-0.2, 0) is 20.2 Å². The maximum absolute atomic E-state index is 12.2. The largest absolute Gasteiger partial charge is 0.504 e. The summed E-state index contributed by atoms with van der Waals surface area (Å²) in [6, 6.07) is 18.9. The number of anilines is 2. The monoisotopic (exact) mass is 996 g/mol. The minimum atomic E-state index is -4.88. The molecule has 6 aromatic rings. The van der Waals surface area contributed by atoms with E-state index >= 15 is 0 Å². The lowest BCUT2D eigenvalue weighted by Crippen LogP contribution is -2.02. The van der Waals surface area contributed by atoms with E-state index in [0.717, 1.165) is 0 Å². The van der Waals surface area contributed by atoms with Crippen molar-refractivity contribution in [3.63, 3.8) is 0 Å². The third kappa shape index (κ3) is 6.92. The van der Waals surface area contributed by atoms with Gasteiger partial charge in [0.05, 0.1) is 11.4 Å². The fourth-order valence-electron chi connectivity index (χ4n) is 5.39. The summed E-state index contributed by atoms with van der Waals surface area (Å²) in [5.41, 5.74) is 13.5. The first-order valence-electron chi connectivity index (χ1n) is 14.2. The zero-order valence-corrected chi connectivity index (χ0v) is 33.6. The van der Waals surface area contributed by atoms with Gasteiger partial charge in [-0.3, -0.25) is 9.11 Å². The summed E-state index contributed by atoms with van der Waals surface area (Å²) >= 11 is 13.9. The first kappa shape index (κ1) is 37.7. The number of nitrogen functional groups attached to an aromatic ring is 2. The summed E-state index contributed by atoms with van der Waals surface area (Å²) in [6.45, 7) is 0. The van der Waals surface area contributed by atoms with Crippen molar-refractivity contribution in [2.24, 2.45) is 20.5 Å². The average Bonchev–Trinajstić information content (AvgIpc) is 3.05. The number of nitrogens with zero attached hydrogens (tertiary/aromatic N) is 4. The Hall–Kier alpha value is -4.02. The van der Waals surface area contributed by atoms with Crippen molar-refractivity contribution in [2.45, 2.75) is 9.79 Å². The van der Waals surface area contributed by atoms with Gasteiger partial charge in [0.25, 0.3) is 20.2 Å². The maximum Gasteiger partial charge on any atom is 0.298 e. The van der Waals surface area contributed by atoms with Crippen LogP contribution in [0.4, 0.5) is 34.1 Å². The van der Waals surface area contributed by atoms with E-state index in [9.17, 15) is 36.2 Å². The fourth-order valence-corrected chi connectivity index (χ4v) is 9.68. The molecule has 14 nitrogen and oxygen atoms in total. The molecule has 0 saturated carbocycles. The molecule has 6 rings (SSSR count). The summed E-state index contributed by atoms with van der Waals surface area (Å²) < 4.78 is 70.1. The van der Waals surface area contributed by atoms with Crippen molar-refractivity contribution in [3.05, 3.63) is 90.7 Å². The predicted octanol–water partition coefficient (Wildman–Crippen LogP) is 10.6. The Morgan fingerprint density at radius 3 is 1.04 bits per heavy atom. The van der Waals surface area contributed by atoms with E-state index in [1.165, 1.54) is 36.4 Å². The second-order valence-corrected chi connectivity index (χ2v) is 17.0. The number of fused-ring (bicyclic) bond motifs is 2. The summed E-state index contributed by atoms with van der Waals surface area (Å²) in [5.74, 6) is -1.73. The third-order valence-electron chi connectivity index (χ3n) is 7.70. The van der Waals surface area contributed by atoms with Crippen molar-refractivity contribution < 1.29 is 36.2 Å². The van der Waals surface area contributed by atoms with E-state index < -0.39 is 41.5 Å². The molecule has 0 aliphatic carbocycles. The zero-order valence-electron chi connectivity index (χ0n) is 25.6. The number of halogens is 4. The molecule has 0 spiro atoms. The molecule has 0 aliphatic heterocycles. The van der Waals surface area contributed by atoms with E-state index in [1.807, 2.05) is 0 Å². The molecular weight excluding hydrogens is 980 g/mol. The molecule has 0 unspecified atom stereocenters. The second-order valence-electron chi connectivity index (χ2n) is 10.9. The van der Waals surface area contributed by atoms with Gasteiger partial charge in [-0.25, -0.2) is 0 Å². The van der Waals surface area contributed by atoms with Crippen molar-refractivity contribution in [1.82, 2.24) is 0 Å². The number of rotatable bonds is 7. The van der Waals surface area contributed by atoms with Crippen LogP contribution in [0.25, 0.3) is 32.7 Å². The number of hydrogen-bond donors (Lipinski definition) is 6. The van der Waals surface area contributed by atoms with Crippen LogP contribution in [0.5, 0.6) is 11.5 Å². The standard InChI is InChI=1S/C32H20Br4N6O8S2/c33-19-9-13(10-20(34)25(19)39-41-27-23(37)15-5-1-3-7-17(15)31(29(27)43)51(45,46)47)14-11-21(35)26(22(36)12-14)40-42-28-24(38)16-6-2-4-8-18(16)32(30(28)44)52(48,49)50/h1-12,43-44H,37-38H2,(H,45,46,47)(H,48,49,50). The first-order valence-corrected chi connectivity index (χ1v) is 20.3. The van der Waals surface area contributed by atoms with Gasteiger partial charge in [-0.15, -0.1) is 20.5 Å². The van der Waals surface area contributed by atoms with E-state index in [2.05, 4.69) is 84.2 Å². The molecule has 266 valence electrons. The van der Waals surface area contributed by atoms with Crippen LogP contribution in [0, 0.1) is 0 Å². The second kappa shape index (κ2) is 14.1. The molecule has 0 amide bonds. The Morgan fingerprint density at radius 2 is 0.750 bits per heavy atom.